The molecule has 0 spiro atoms. The van der Waals surface area contributed by atoms with Gasteiger partial charge in [-0.1, -0.05) is 48.5 Å². The van der Waals surface area contributed by atoms with E-state index < -0.39 is 12.1 Å². The van der Waals surface area contributed by atoms with E-state index in [4.69, 9.17) is 9.84 Å². The Morgan fingerprint density at radius 1 is 0.920 bits per heavy atom. The standard InChI is InChI=1S/C20H19NO4/c22-19(23)13-9-11-21(12-10-13)20(24)25-18-16-7-3-1-5-14(16)15-6-2-4-8-17(15)18/h1-8,13,18H,9-12H2,(H,22,23). The maximum absolute atomic E-state index is 12.6. The molecule has 0 saturated carbocycles. The summed E-state index contributed by atoms with van der Waals surface area (Å²) < 4.78 is 5.84. The summed E-state index contributed by atoms with van der Waals surface area (Å²) in [6.45, 7) is 0.845. The normalized spacial score (nSPS) is 17.0. The van der Waals surface area contributed by atoms with Crippen LogP contribution in [0.1, 0.15) is 30.1 Å². The first-order valence-corrected chi connectivity index (χ1v) is 8.51. The average molecular weight is 337 g/mol. The number of rotatable bonds is 2. The number of carboxylic acids is 1. The summed E-state index contributed by atoms with van der Waals surface area (Å²) in [6, 6.07) is 15.9. The lowest BCUT2D eigenvalue weighted by Gasteiger charge is -2.30. The van der Waals surface area contributed by atoms with Gasteiger partial charge >= 0.3 is 12.1 Å². The van der Waals surface area contributed by atoms with Gasteiger partial charge in [-0.25, -0.2) is 4.79 Å². The third-order valence-electron chi connectivity index (χ3n) is 5.10. The van der Waals surface area contributed by atoms with Crippen molar-refractivity contribution in [1.29, 1.82) is 0 Å². The molecule has 1 aliphatic heterocycles. The smallest absolute Gasteiger partial charge is 0.410 e. The molecule has 1 amide bonds. The van der Waals surface area contributed by atoms with Gasteiger partial charge in [0, 0.05) is 24.2 Å². The zero-order chi connectivity index (χ0) is 17.4. The Morgan fingerprint density at radius 3 is 1.96 bits per heavy atom. The van der Waals surface area contributed by atoms with Crippen LogP contribution in [-0.4, -0.2) is 35.2 Å². The number of ether oxygens (including phenoxy) is 1. The molecular formula is C20H19NO4. The zero-order valence-electron chi connectivity index (χ0n) is 13.7. The lowest BCUT2D eigenvalue weighted by atomic mass is 9.97. The molecule has 128 valence electrons. The minimum Gasteiger partial charge on any atom is -0.481 e. The van der Waals surface area contributed by atoms with Crippen LogP contribution in [0, 0.1) is 5.92 Å². The molecule has 25 heavy (non-hydrogen) atoms. The number of piperidine rings is 1. The lowest BCUT2D eigenvalue weighted by molar-refractivity contribution is -0.143. The first kappa shape index (κ1) is 15.7. The van der Waals surface area contributed by atoms with Crippen LogP contribution < -0.4 is 0 Å². The number of amides is 1. The highest BCUT2D eigenvalue weighted by molar-refractivity contribution is 5.80. The van der Waals surface area contributed by atoms with Crippen molar-refractivity contribution < 1.29 is 19.4 Å². The van der Waals surface area contributed by atoms with E-state index in [2.05, 4.69) is 0 Å². The minimum atomic E-state index is -0.785. The number of hydrogen-bond acceptors (Lipinski definition) is 3. The SMILES string of the molecule is O=C(O)C1CCN(C(=O)OC2c3ccccc3-c3ccccc32)CC1. The minimum absolute atomic E-state index is 0.364. The summed E-state index contributed by atoms with van der Waals surface area (Å²) in [5.74, 6) is -1.15. The van der Waals surface area contributed by atoms with Crippen LogP contribution in [0.2, 0.25) is 0 Å². The van der Waals surface area contributed by atoms with Crippen molar-refractivity contribution in [3.8, 4) is 11.1 Å². The maximum atomic E-state index is 12.6. The monoisotopic (exact) mass is 337 g/mol. The number of benzene rings is 2. The second-order valence-corrected chi connectivity index (χ2v) is 6.54. The van der Waals surface area contributed by atoms with Gasteiger partial charge in [0.15, 0.2) is 6.10 Å². The van der Waals surface area contributed by atoms with Crippen LogP contribution in [0.25, 0.3) is 11.1 Å². The van der Waals surface area contributed by atoms with Crippen LogP contribution in [0.15, 0.2) is 48.5 Å². The van der Waals surface area contributed by atoms with Gasteiger partial charge in [-0.2, -0.15) is 0 Å². The van der Waals surface area contributed by atoms with Gasteiger partial charge < -0.3 is 14.7 Å². The Hall–Kier alpha value is -2.82. The van der Waals surface area contributed by atoms with Crippen LogP contribution in [0.4, 0.5) is 4.79 Å². The Morgan fingerprint density at radius 2 is 1.44 bits per heavy atom. The Bertz CT molecular complexity index is 778. The van der Waals surface area contributed by atoms with Crippen LogP contribution in [0.3, 0.4) is 0 Å². The first-order chi connectivity index (χ1) is 12.1. The topological polar surface area (TPSA) is 66.8 Å². The van der Waals surface area contributed by atoms with Crippen molar-refractivity contribution in [2.45, 2.75) is 18.9 Å². The molecule has 2 aromatic rings. The van der Waals surface area contributed by atoms with E-state index in [0.29, 0.717) is 25.9 Å². The highest BCUT2D eigenvalue weighted by atomic mass is 16.6. The molecule has 1 heterocycles. The van der Waals surface area contributed by atoms with Gasteiger partial charge in [-0.3, -0.25) is 4.79 Å². The molecule has 1 aliphatic carbocycles. The molecule has 5 heteroatoms. The van der Waals surface area contributed by atoms with Crippen molar-refractivity contribution in [2.24, 2.45) is 5.92 Å². The fourth-order valence-corrected chi connectivity index (χ4v) is 3.72. The van der Waals surface area contributed by atoms with Gasteiger partial charge in [-0.15, -0.1) is 0 Å². The summed E-state index contributed by atoms with van der Waals surface area (Å²) >= 11 is 0. The fourth-order valence-electron chi connectivity index (χ4n) is 3.72. The highest BCUT2D eigenvalue weighted by Crippen LogP contribution is 2.45. The molecule has 0 unspecified atom stereocenters. The molecule has 0 bridgehead atoms. The summed E-state index contributed by atoms with van der Waals surface area (Å²) in [5, 5.41) is 9.08. The number of carboxylic acid groups (broad SMARTS) is 1. The molecule has 2 aromatic carbocycles. The van der Waals surface area contributed by atoms with Crippen LogP contribution in [-0.2, 0) is 9.53 Å². The number of aliphatic carboxylic acids is 1. The van der Waals surface area contributed by atoms with Crippen LogP contribution >= 0.6 is 0 Å². The van der Waals surface area contributed by atoms with E-state index in [1.54, 1.807) is 4.90 Å². The summed E-state index contributed by atoms with van der Waals surface area (Å²) in [7, 11) is 0. The van der Waals surface area contributed by atoms with E-state index in [-0.39, 0.29) is 12.0 Å². The van der Waals surface area contributed by atoms with Gasteiger partial charge in [-0.05, 0) is 24.0 Å². The molecule has 0 aromatic heterocycles. The summed E-state index contributed by atoms with van der Waals surface area (Å²) in [6.07, 6.45) is 0.169. The number of carbonyl (C=O) groups excluding carboxylic acids is 1. The lowest BCUT2D eigenvalue weighted by Crippen LogP contribution is -2.40. The molecule has 1 fully saturated rings. The van der Waals surface area contributed by atoms with Crippen molar-refractivity contribution in [1.82, 2.24) is 4.90 Å². The molecule has 5 nitrogen and oxygen atoms in total. The molecule has 4 rings (SSSR count). The number of hydrogen-bond donors (Lipinski definition) is 1. The Labute approximate surface area is 145 Å². The molecule has 2 aliphatic rings. The Balaban J connectivity index is 1.53. The molecule has 0 atom stereocenters. The fraction of sp³-hybridized carbons (Fsp3) is 0.300. The number of fused-ring (bicyclic) bond motifs is 3. The molecule has 1 saturated heterocycles. The highest BCUT2D eigenvalue weighted by Gasteiger charge is 2.34. The molecular weight excluding hydrogens is 318 g/mol. The van der Waals surface area contributed by atoms with Crippen LogP contribution in [0.5, 0.6) is 0 Å². The molecule has 1 N–H and O–H groups in total. The third-order valence-corrected chi connectivity index (χ3v) is 5.10. The predicted octanol–water partition coefficient (Wildman–Crippen LogP) is 3.69. The first-order valence-electron chi connectivity index (χ1n) is 8.51. The van der Waals surface area contributed by atoms with Crippen molar-refractivity contribution >= 4 is 12.1 Å². The largest absolute Gasteiger partial charge is 0.481 e. The van der Waals surface area contributed by atoms with Gasteiger partial charge in [0.1, 0.15) is 0 Å². The molecule has 0 radical (unpaired) electrons. The quantitative estimate of drug-likeness (QED) is 0.907. The van der Waals surface area contributed by atoms with E-state index >= 15 is 0 Å². The number of carbonyl (C=O) groups is 2. The van der Waals surface area contributed by atoms with E-state index in [1.807, 2.05) is 48.5 Å². The van der Waals surface area contributed by atoms with Crippen molar-refractivity contribution in [3.05, 3.63) is 59.7 Å². The average Bonchev–Trinajstić information content (AvgIpc) is 2.96. The summed E-state index contributed by atoms with van der Waals surface area (Å²) in [5.41, 5.74) is 4.19. The van der Waals surface area contributed by atoms with E-state index in [9.17, 15) is 9.59 Å². The van der Waals surface area contributed by atoms with Crippen molar-refractivity contribution in [3.63, 3.8) is 0 Å². The van der Waals surface area contributed by atoms with E-state index in [1.165, 1.54) is 0 Å². The van der Waals surface area contributed by atoms with Gasteiger partial charge in [0.25, 0.3) is 0 Å². The predicted molar refractivity (Wildman–Crippen MR) is 92.1 cm³/mol. The van der Waals surface area contributed by atoms with E-state index in [0.717, 1.165) is 22.3 Å². The Kier molecular flexibility index (Phi) is 3.92. The number of likely N-dealkylation sites (tertiary alicyclic amines) is 1. The summed E-state index contributed by atoms with van der Waals surface area (Å²) in [4.78, 5) is 25.3. The second-order valence-electron chi connectivity index (χ2n) is 6.54. The van der Waals surface area contributed by atoms with Crippen molar-refractivity contribution in [2.75, 3.05) is 13.1 Å². The van der Waals surface area contributed by atoms with Gasteiger partial charge in [0.2, 0.25) is 0 Å². The zero-order valence-corrected chi connectivity index (χ0v) is 13.7. The maximum Gasteiger partial charge on any atom is 0.410 e. The number of nitrogens with zero attached hydrogens (tertiary/aromatic N) is 1. The second kappa shape index (κ2) is 6.24. The third kappa shape index (κ3) is 2.76. The van der Waals surface area contributed by atoms with Gasteiger partial charge in [0.05, 0.1) is 5.92 Å².